The fraction of sp³-hybridized carbons (Fsp3) is 0.417. The summed E-state index contributed by atoms with van der Waals surface area (Å²) in [6.07, 6.45) is 5.79. The first kappa shape index (κ1) is 23.3. The smallest absolute Gasteiger partial charge is 0.251 e. The molecule has 4 rings (SSSR count). The van der Waals surface area contributed by atoms with E-state index < -0.39 is 21.5 Å². The van der Waals surface area contributed by atoms with Crippen molar-refractivity contribution in [1.82, 2.24) is 14.3 Å². The number of carbonyl (C=O) groups is 1. The zero-order valence-corrected chi connectivity index (χ0v) is 20.2. The van der Waals surface area contributed by atoms with Gasteiger partial charge < -0.3 is 15.0 Å². The van der Waals surface area contributed by atoms with E-state index in [0.717, 1.165) is 25.7 Å². The molecule has 0 aliphatic heterocycles. The maximum Gasteiger partial charge on any atom is 0.251 e. The molecule has 9 heteroatoms. The molecule has 0 spiro atoms. The van der Waals surface area contributed by atoms with Crippen LogP contribution in [0.3, 0.4) is 0 Å². The predicted octanol–water partition coefficient (Wildman–Crippen LogP) is 4.00. The number of methoxy groups -OCH3 is 1. The number of fused-ring (bicyclic) bond motifs is 1. The molecule has 0 bridgehead atoms. The Morgan fingerprint density at radius 1 is 1.18 bits per heavy atom. The van der Waals surface area contributed by atoms with Crippen molar-refractivity contribution in [2.24, 2.45) is 5.73 Å². The van der Waals surface area contributed by atoms with Crippen molar-refractivity contribution < 1.29 is 17.9 Å². The average Bonchev–Trinajstić information content (AvgIpc) is 3.37. The maximum atomic E-state index is 12.7. The van der Waals surface area contributed by atoms with Crippen LogP contribution in [-0.2, 0) is 10.0 Å². The minimum absolute atomic E-state index is 0.158. The molecule has 1 saturated carbocycles. The van der Waals surface area contributed by atoms with Gasteiger partial charge in [-0.1, -0.05) is 25.0 Å². The Bertz CT molecular complexity index is 1300. The Balaban J connectivity index is 1.92. The minimum Gasteiger partial charge on any atom is -0.495 e. The first-order chi connectivity index (χ1) is 15.5. The number of hydrogen-bond acceptors (Lipinski definition) is 5. The molecule has 1 aliphatic rings. The summed E-state index contributed by atoms with van der Waals surface area (Å²) in [7, 11) is -2.13. The summed E-state index contributed by atoms with van der Waals surface area (Å²) < 4.78 is 35.6. The third kappa shape index (κ3) is 4.47. The van der Waals surface area contributed by atoms with E-state index in [1.54, 1.807) is 64.4 Å². The molecule has 0 unspecified atom stereocenters. The Hall–Kier alpha value is -2.91. The Morgan fingerprint density at radius 2 is 1.82 bits per heavy atom. The van der Waals surface area contributed by atoms with Gasteiger partial charge in [-0.2, -0.15) is 0 Å². The monoisotopic (exact) mass is 470 g/mol. The SMILES string of the molecule is COc1cnc2c(c1)c(C(N)=O)c(-c1ccc(S(=O)(=O)NC(C)(C)C)cc1)n2C1CCCC1. The molecule has 1 amide bonds. The number of aromatic nitrogens is 2. The molecule has 1 aliphatic carbocycles. The van der Waals surface area contributed by atoms with Crippen LogP contribution in [0.1, 0.15) is 62.9 Å². The van der Waals surface area contributed by atoms with Crippen molar-refractivity contribution >= 4 is 27.0 Å². The molecule has 3 N–H and O–H groups in total. The van der Waals surface area contributed by atoms with Gasteiger partial charge in [-0.3, -0.25) is 4.79 Å². The van der Waals surface area contributed by atoms with Gasteiger partial charge in [-0.25, -0.2) is 18.1 Å². The first-order valence-corrected chi connectivity index (χ1v) is 12.5. The quantitative estimate of drug-likeness (QED) is 0.565. The molecular formula is C24H30N4O4S. The molecule has 0 atom stereocenters. The predicted molar refractivity (Wildman–Crippen MR) is 128 cm³/mol. The van der Waals surface area contributed by atoms with E-state index >= 15 is 0 Å². The second-order valence-electron chi connectivity index (χ2n) is 9.52. The van der Waals surface area contributed by atoms with Crippen molar-refractivity contribution in [2.45, 2.75) is 62.9 Å². The second kappa shape index (κ2) is 8.46. The molecule has 0 radical (unpaired) electrons. The highest BCUT2D eigenvalue weighted by Gasteiger charge is 2.30. The van der Waals surface area contributed by atoms with E-state index in [9.17, 15) is 13.2 Å². The van der Waals surface area contributed by atoms with Gasteiger partial charge in [0.1, 0.15) is 11.4 Å². The van der Waals surface area contributed by atoms with Crippen LogP contribution in [0.5, 0.6) is 5.75 Å². The lowest BCUT2D eigenvalue weighted by Gasteiger charge is -2.21. The van der Waals surface area contributed by atoms with Crippen LogP contribution in [0, 0.1) is 0 Å². The van der Waals surface area contributed by atoms with E-state index in [4.69, 9.17) is 10.5 Å². The van der Waals surface area contributed by atoms with Gasteiger partial charge in [0.15, 0.2) is 0 Å². The lowest BCUT2D eigenvalue weighted by molar-refractivity contribution is 0.100. The number of ether oxygens (including phenoxy) is 1. The van der Waals surface area contributed by atoms with E-state index in [-0.39, 0.29) is 10.9 Å². The molecular weight excluding hydrogens is 440 g/mol. The average molecular weight is 471 g/mol. The lowest BCUT2D eigenvalue weighted by Crippen LogP contribution is -2.40. The van der Waals surface area contributed by atoms with Crippen molar-refractivity contribution in [3.05, 3.63) is 42.1 Å². The van der Waals surface area contributed by atoms with E-state index in [1.807, 2.05) is 0 Å². The Morgan fingerprint density at radius 3 is 2.36 bits per heavy atom. The summed E-state index contributed by atoms with van der Waals surface area (Å²) in [5, 5.41) is 0.634. The molecule has 1 aromatic carbocycles. The lowest BCUT2D eigenvalue weighted by atomic mass is 10.0. The molecule has 33 heavy (non-hydrogen) atoms. The van der Waals surface area contributed by atoms with Crippen molar-refractivity contribution in [3.63, 3.8) is 0 Å². The first-order valence-electron chi connectivity index (χ1n) is 11.0. The minimum atomic E-state index is -3.68. The Kier molecular flexibility index (Phi) is 5.96. The van der Waals surface area contributed by atoms with Crippen LogP contribution in [0.4, 0.5) is 0 Å². The van der Waals surface area contributed by atoms with E-state index in [1.165, 1.54) is 0 Å². The van der Waals surface area contributed by atoms with E-state index in [0.29, 0.717) is 33.6 Å². The highest BCUT2D eigenvalue weighted by atomic mass is 32.2. The normalized spacial score (nSPS) is 15.3. The third-order valence-corrected chi connectivity index (χ3v) is 7.64. The van der Waals surface area contributed by atoms with Gasteiger partial charge in [0.2, 0.25) is 10.0 Å². The largest absolute Gasteiger partial charge is 0.495 e. The van der Waals surface area contributed by atoms with Gasteiger partial charge in [0.05, 0.1) is 29.5 Å². The summed E-state index contributed by atoms with van der Waals surface area (Å²) in [4.78, 5) is 17.4. The molecule has 2 heterocycles. The summed E-state index contributed by atoms with van der Waals surface area (Å²) in [5.41, 5.74) is 7.68. The van der Waals surface area contributed by atoms with Gasteiger partial charge in [0.25, 0.3) is 5.91 Å². The molecule has 1 fully saturated rings. The summed E-state index contributed by atoms with van der Waals surface area (Å²) in [6.45, 7) is 5.37. The van der Waals surface area contributed by atoms with Crippen LogP contribution >= 0.6 is 0 Å². The molecule has 0 saturated heterocycles. The number of hydrogen-bond donors (Lipinski definition) is 2. The number of carbonyl (C=O) groups excluding carboxylic acids is 1. The number of rotatable bonds is 6. The highest BCUT2D eigenvalue weighted by molar-refractivity contribution is 7.89. The maximum absolute atomic E-state index is 12.7. The van der Waals surface area contributed by atoms with Gasteiger partial charge >= 0.3 is 0 Å². The van der Waals surface area contributed by atoms with Gasteiger partial charge in [-0.15, -0.1) is 0 Å². The second-order valence-corrected chi connectivity index (χ2v) is 11.2. The summed E-state index contributed by atoms with van der Waals surface area (Å²) in [6, 6.07) is 8.52. The van der Waals surface area contributed by atoms with Crippen LogP contribution in [0.25, 0.3) is 22.3 Å². The van der Waals surface area contributed by atoms with Gasteiger partial charge in [0, 0.05) is 17.0 Å². The van der Waals surface area contributed by atoms with Crippen molar-refractivity contribution in [3.8, 4) is 17.0 Å². The fourth-order valence-electron chi connectivity index (χ4n) is 4.58. The van der Waals surface area contributed by atoms with Crippen LogP contribution in [0.2, 0.25) is 0 Å². The Labute approximate surface area is 194 Å². The molecule has 176 valence electrons. The molecule has 8 nitrogen and oxygen atoms in total. The van der Waals surface area contributed by atoms with Gasteiger partial charge in [-0.05, 0) is 57.4 Å². The topological polar surface area (TPSA) is 116 Å². The summed E-state index contributed by atoms with van der Waals surface area (Å²) >= 11 is 0. The van der Waals surface area contributed by atoms with Crippen molar-refractivity contribution in [2.75, 3.05) is 7.11 Å². The number of primary amides is 1. The zero-order chi connectivity index (χ0) is 24.0. The fourth-order valence-corrected chi connectivity index (χ4v) is 6.00. The van der Waals surface area contributed by atoms with E-state index in [2.05, 4.69) is 14.3 Å². The van der Waals surface area contributed by atoms with Crippen LogP contribution < -0.4 is 15.2 Å². The van der Waals surface area contributed by atoms with Crippen molar-refractivity contribution in [1.29, 1.82) is 0 Å². The summed E-state index contributed by atoms with van der Waals surface area (Å²) in [5.74, 6) is -0.0253. The standard InChI is InChI=1S/C24H30N4O4S/c1-24(2,3)27-33(30,31)18-11-9-15(10-12-18)21-20(22(25)29)19-13-17(32-4)14-26-23(19)28(21)16-7-5-6-8-16/h9-14,16,27H,5-8H2,1-4H3,(H2,25,29). The highest BCUT2D eigenvalue weighted by Crippen LogP contribution is 2.41. The number of pyridine rings is 1. The third-order valence-electron chi connectivity index (χ3n) is 5.87. The van der Waals surface area contributed by atoms with Crippen LogP contribution in [-0.4, -0.2) is 36.5 Å². The number of benzene rings is 1. The number of amides is 1. The number of nitrogens with one attached hydrogen (secondary N) is 1. The number of nitrogens with zero attached hydrogens (tertiary/aromatic N) is 2. The van der Waals surface area contributed by atoms with Crippen LogP contribution in [0.15, 0.2) is 41.4 Å². The zero-order valence-electron chi connectivity index (χ0n) is 19.4. The number of sulfonamides is 1. The number of nitrogens with two attached hydrogens (primary N) is 1. The molecule has 2 aromatic heterocycles. The molecule has 3 aromatic rings.